The van der Waals surface area contributed by atoms with Crippen molar-refractivity contribution in [2.75, 3.05) is 13.6 Å². The van der Waals surface area contributed by atoms with Crippen molar-refractivity contribution in [2.45, 2.75) is 33.6 Å². The Kier molecular flexibility index (Phi) is 12.2. The fraction of sp³-hybridized carbons (Fsp3) is 0.389. The van der Waals surface area contributed by atoms with E-state index in [0.29, 0.717) is 12.8 Å². The van der Waals surface area contributed by atoms with E-state index in [1.807, 2.05) is 41.3 Å². The average Bonchev–Trinajstić information content (AvgIpc) is 3.55. The number of carbonyl (C=O) groups excluding carboxylic acids is 4. The summed E-state index contributed by atoms with van der Waals surface area (Å²) in [7, 11) is 1.67. The van der Waals surface area contributed by atoms with Gasteiger partial charge in [0.2, 0.25) is 17.7 Å². The maximum Gasteiger partial charge on any atom is 0.341 e. The molecule has 5 heterocycles. The molecule has 202 valence electrons. The van der Waals surface area contributed by atoms with Crippen molar-refractivity contribution in [3.63, 3.8) is 0 Å². The quantitative estimate of drug-likeness (QED) is 0.169. The Morgan fingerprint density at radius 2 is 1.46 bits per heavy atom. The Morgan fingerprint density at radius 1 is 0.811 bits per heavy atom. The van der Waals surface area contributed by atoms with Gasteiger partial charge in [-0.05, 0) is 20.8 Å². The highest BCUT2D eigenvalue weighted by Gasteiger charge is 2.15. The van der Waals surface area contributed by atoms with E-state index in [0.717, 1.165) is 17.1 Å². The van der Waals surface area contributed by atoms with E-state index in [9.17, 15) is 33.6 Å². The van der Waals surface area contributed by atoms with Crippen LogP contribution in [0, 0.1) is 6.92 Å². The molecule has 2 aromatic heterocycles. The molecule has 0 atom stereocenters. The monoisotopic (exact) mass is 524 g/mol. The van der Waals surface area contributed by atoms with Crippen LogP contribution in [-0.2, 0) is 14.4 Å². The Labute approximate surface area is 207 Å². The maximum absolute atomic E-state index is 10.6. The molecule has 37 heavy (non-hydrogen) atoms. The average molecular weight is 524 g/mol. The number of aryl methyl sites for hydroxylation is 1. The zero-order valence-corrected chi connectivity index (χ0v) is 20.4. The van der Waals surface area contributed by atoms with Crippen LogP contribution in [0.4, 0.5) is 4.79 Å². The van der Waals surface area contributed by atoms with Crippen LogP contribution in [0.15, 0.2) is 30.7 Å². The highest BCUT2D eigenvalue weighted by atomic mass is 16.2. The van der Waals surface area contributed by atoms with Crippen LogP contribution in [-0.4, -0.2) is 79.2 Å². The van der Waals surface area contributed by atoms with Crippen LogP contribution in [0.5, 0.6) is 0 Å². The zero-order valence-electron chi connectivity index (χ0n) is 20.4. The normalized spacial score (nSPS) is 15.5. The van der Waals surface area contributed by atoms with Gasteiger partial charge >= 0.3 is 17.4 Å². The molecule has 5 amide bonds. The molecule has 0 aliphatic carbocycles. The molecule has 9 N–H and O–H groups in total. The minimum atomic E-state index is -0.509. The lowest BCUT2D eigenvalue weighted by atomic mass is 10.3. The predicted molar refractivity (Wildman–Crippen MR) is 129 cm³/mol. The first kappa shape index (κ1) is 30.0. The molecule has 0 unspecified atom stereocenters. The number of imide groups is 1. The van der Waals surface area contributed by atoms with E-state index >= 15 is 0 Å². The number of nitrogens with zero attached hydrogens (tertiary/aromatic N) is 3. The fourth-order valence-electron chi connectivity index (χ4n) is 2.26. The molecule has 0 bridgehead atoms. The topological polar surface area (TPSA) is 275 Å². The second kappa shape index (κ2) is 15.0. The Balaban J connectivity index is 0.000000232. The third kappa shape index (κ3) is 13.4. The molecular formula is C18H28N12O7. The van der Waals surface area contributed by atoms with E-state index < -0.39 is 17.4 Å². The smallest absolute Gasteiger partial charge is 0.303 e. The molecule has 2 aromatic rings. The van der Waals surface area contributed by atoms with E-state index in [2.05, 4.69) is 36.7 Å². The lowest BCUT2D eigenvalue weighted by molar-refractivity contribution is -0.127. The summed E-state index contributed by atoms with van der Waals surface area (Å²) in [5.74, 6) is -0.228. The highest BCUT2D eigenvalue weighted by Crippen LogP contribution is 2.02. The molecule has 3 aliphatic heterocycles. The van der Waals surface area contributed by atoms with Gasteiger partial charge in [-0.3, -0.25) is 40.0 Å². The highest BCUT2D eigenvalue weighted by molar-refractivity contribution is 6.04. The molecule has 1 saturated heterocycles. The molecule has 0 radical (unpaired) electrons. The molecule has 19 heteroatoms. The third-order valence-corrected chi connectivity index (χ3v) is 3.83. The van der Waals surface area contributed by atoms with Gasteiger partial charge in [0.25, 0.3) is 5.56 Å². The van der Waals surface area contributed by atoms with Gasteiger partial charge < -0.3 is 5.10 Å². The van der Waals surface area contributed by atoms with Crippen molar-refractivity contribution in [1.29, 1.82) is 0 Å². The predicted octanol–water partition coefficient (Wildman–Crippen LogP) is -3.16. The summed E-state index contributed by atoms with van der Waals surface area (Å²) in [6.07, 6.45) is 0.969. The minimum absolute atomic E-state index is 0.00231. The number of hydrogen-bond donors (Lipinski definition) is 9. The van der Waals surface area contributed by atoms with Gasteiger partial charge in [-0.2, -0.15) is 10.2 Å². The van der Waals surface area contributed by atoms with Crippen LogP contribution in [0.2, 0.25) is 0 Å². The Bertz CT molecular complexity index is 1270. The minimum Gasteiger partial charge on any atom is -0.303 e. The third-order valence-electron chi connectivity index (χ3n) is 3.83. The van der Waals surface area contributed by atoms with Crippen molar-refractivity contribution < 1.29 is 19.2 Å². The number of aromatic amines is 5. The number of hydrogen-bond acceptors (Lipinski definition) is 10. The van der Waals surface area contributed by atoms with E-state index in [4.69, 9.17) is 0 Å². The van der Waals surface area contributed by atoms with E-state index in [1.54, 1.807) is 7.05 Å². The summed E-state index contributed by atoms with van der Waals surface area (Å²) >= 11 is 0. The molecule has 0 aromatic carbocycles. The van der Waals surface area contributed by atoms with Gasteiger partial charge in [-0.15, -0.1) is 0 Å². The Morgan fingerprint density at radius 3 is 1.65 bits per heavy atom. The number of carbonyl (C=O) groups is 4. The van der Waals surface area contributed by atoms with Crippen molar-refractivity contribution in [1.82, 2.24) is 52.0 Å². The number of hydrazone groups is 2. The van der Waals surface area contributed by atoms with Crippen LogP contribution in [0.25, 0.3) is 0 Å². The summed E-state index contributed by atoms with van der Waals surface area (Å²) in [4.78, 5) is 73.2. The summed E-state index contributed by atoms with van der Waals surface area (Å²) in [6.45, 7) is 5.63. The zero-order chi connectivity index (χ0) is 28.0. The number of nitrogens with one attached hydrogen (secondary N) is 9. The van der Waals surface area contributed by atoms with Gasteiger partial charge in [-0.1, -0.05) is 0 Å². The van der Waals surface area contributed by atoms with Gasteiger partial charge in [0.15, 0.2) is 0 Å². The SMILES string of the molecule is CC1=NN(C)C(=O)C1.CC1=NNC(=O)C1.Cc1cc(=O)[nH][nH]1.O=C1CNNC(=O)N1.O=c1[nH][nH]c(=O)[nH]1. The van der Waals surface area contributed by atoms with Crippen LogP contribution in [0.1, 0.15) is 32.4 Å². The van der Waals surface area contributed by atoms with Crippen LogP contribution in [0.3, 0.4) is 0 Å². The fourth-order valence-corrected chi connectivity index (χ4v) is 2.26. The van der Waals surface area contributed by atoms with Gasteiger partial charge in [0, 0.05) is 30.2 Å². The van der Waals surface area contributed by atoms with Crippen LogP contribution >= 0.6 is 0 Å². The number of hydrazine groups is 1. The van der Waals surface area contributed by atoms with Crippen molar-refractivity contribution in [3.05, 3.63) is 43.1 Å². The molecule has 0 spiro atoms. The first-order valence-corrected chi connectivity index (χ1v) is 10.4. The second-order valence-corrected chi connectivity index (χ2v) is 7.32. The van der Waals surface area contributed by atoms with E-state index in [-0.39, 0.29) is 29.8 Å². The molecule has 1 fully saturated rings. The van der Waals surface area contributed by atoms with Gasteiger partial charge in [0.1, 0.15) is 0 Å². The van der Waals surface area contributed by atoms with Crippen molar-refractivity contribution in [2.24, 2.45) is 10.2 Å². The van der Waals surface area contributed by atoms with Gasteiger partial charge in [0.05, 0.1) is 19.4 Å². The number of aromatic nitrogens is 5. The van der Waals surface area contributed by atoms with Crippen molar-refractivity contribution in [3.8, 4) is 0 Å². The first-order chi connectivity index (χ1) is 17.3. The van der Waals surface area contributed by atoms with Crippen LogP contribution < -0.4 is 38.5 Å². The number of rotatable bonds is 0. The Hall–Kier alpha value is -5.07. The first-order valence-electron chi connectivity index (χ1n) is 10.4. The van der Waals surface area contributed by atoms with Crippen molar-refractivity contribution >= 4 is 35.2 Å². The molecule has 3 aliphatic rings. The summed E-state index contributed by atoms with van der Waals surface area (Å²) in [5, 5.41) is 20.0. The molecule has 5 rings (SSSR count). The summed E-state index contributed by atoms with van der Waals surface area (Å²) in [5.41, 5.74) is 8.42. The number of urea groups is 1. The summed E-state index contributed by atoms with van der Waals surface area (Å²) in [6, 6.07) is 1.00. The maximum atomic E-state index is 10.6. The molecule has 0 saturated carbocycles. The number of amides is 5. The van der Waals surface area contributed by atoms with Gasteiger partial charge in [-0.25, -0.2) is 40.4 Å². The number of H-pyrrole nitrogens is 5. The lowest BCUT2D eigenvalue weighted by Crippen LogP contribution is -2.56. The molecular weight excluding hydrogens is 496 g/mol. The lowest BCUT2D eigenvalue weighted by Gasteiger charge is -2.12. The summed E-state index contributed by atoms with van der Waals surface area (Å²) < 4.78 is 0. The second-order valence-electron chi connectivity index (χ2n) is 7.32. The largest absolute Gasteiger partial charge is 0.341 e. The van der Waals surface area contributed by atoms with E-state index in [1.165, 1.54) is 11.1 Å². The standard InChI is InChI=1S/C5H8N2O.2C4H6N2O.C3H5N3O2.C2H3N3O2/c1-4-3-5(8)7(2)6-4;2*1-3-2-4(7)6-5-3;7-2-1-4-6-3(8)5-2;6-1-3-2(7)5-4-1/h3H2,1-2H3;2H2,1H3,(H,6,7);2H,1H3,(H2,5,6,7);4H,1H2,(H2,5,6,7,8);(H3,3,4,5,6,7). The molecule has 19 nitrogen and oxygen atoms in total.